The number of allylic oxidation sites excluding steroid dienone is 2. The van der Waals surface area contributed by atoms with E-state index in [1.54, 1.807) is 0 Å². The summed E-state index contributed by atoms with van der Waals surface area (Å²) in [4.78, 5) is 0. The second-order valence-electron chi connectivity index (χ2n) is 18.7. The molecule has 0 radical (unpaired) electrons. The summed E-state index contributed by atoms with van der Waals surface area (Å²) in [5.74, 6) is 0.224. The van der Waals surface area contributed by atoms with E-state index in [0.717, 1.165) is 24.0 Å². The third-order valence-corrected chi connectivity index (χ3v) is 15.0. The van der Waals surface area contributed by atoms with Gasteiger partial charge in [0.1, 0.15) is 54.9 Å². The van der Waals surface area contributed by atoms with E-state index in [4.69, 9.17) is 28.4 Å². The molecule has 322 valence electrons. The maximum atomic E-state index is 12.4. The van der Waals surface area contributed by atoms with Crippen LogP contribution in [-0.2, 0) is 28.4 Å². The molecule has 0 bridgehead atoms. The van der Waals surface area contributed by atoms with Gasteiger partial charge in [-0.2, -0.15) is 0 Å². The Bertz CT molecular complexity index is 1390. The summed E-state index contributed by atoms with van der Waals surface area (Å²) in [7, 11) is 2.84. The molecule has 2 heterocycles. The zero-order valence-electron chi connectivity index (χ0n) is 34.4. The highest BCUT2D eigenvalue weighted by molar-refractivity contribution is 5.40. The van der Waals surface area contributed by atoms with E-state index >= 15 is 0 Å². The van der Waals surface area contributed by atoms with Crippen molar-refractivity contribution in [3.8, 4) is 0 Å². The summed E-state index contributed by atoms with van der Waals surface area (Å²) < 4.78 is 35.6. The van der Waals surface area contributed by atoms with Gasteiger partial charge in [-0.1, -0.05) is 59.3 Å². The minimum Gasteiger partial charge on any atom is -0.393 e. The van der Waals surface area contributed by atoms with E-state index in [1.165, 1.54) is 14.2 Å². The summed E-state index contributed by atoms with van der Waals surface area (Å²) in [6, 6.07) is 0. The molecule has 14 nitrogen and oxygen atoms in total. The van der Waals surface area contributed by atoms with Crippen LogP contribution in [0.4, 0.5) is 0 Å². The molecule has 2 saturated heterocycles. The molecule has 6 rings (SSSR count). The zero-order valence-corrected chi connectivity index (χ0v) is 34.4. The lowest BCUT2D eigenvalue weighted by atomic mass is 9.47. The second-order valence-corrected chi connectivity index (χ2v) is 18.7. The quantitative estimate of drug-likeness (QED) is 0.117. The molecule has 6 aliphatic rings. The molecule has 5 fully saturated rings. The highest BCUT2D eigenvalue weighted by Crippen LogP contribution is 2.67. The number of aliphatic hydroxyl groups excluding tert-OH is 8. The fraction of sp³-hybridized carbons (Fsp3) is 0.905. The lowest BCUT2D eigenvalue weighted by Gasteiger charge is -2.60. The summed E-state index contributed by atoms with van der Waals surface area (Å²) in [6.07, 6.45) is -8.14. The van der Waals surface area contributed by atoms with Gasteiger partial charge in [-0.05, 0) is 84.5 Å². The number of hydrogen-bond acceptors (Lipinski definition) is 14. The van der Waals surface area contributed by atoms with Crippen molar-refractivity contribution in [3.05, 3.63) is 23.3 Å². The smallest absolute Gasteiger partial charge is 0.187 e. The Morgan fingerprint density at radius 2 is 1.32 bits per heavy atom. The van der Waals surface area contributed by atoms with Crippen LogP contribution in [0.3, 0.4) is 0 Å². The van der Waals surface area contributed by atoms with Crippen molar-refractivity contribution >= 4 is 0 Å². The predicted octanol–water partition coefficient (Wildman–Crippen LogP) is 1.42. The predicted molar refractivity (Wildman–Crippen MR) is 203 cm³/mol. The Balaban J connectivity index is 1.42. The fourth-order valence-electron chi connectivity index (χ4n) is 11.5. The van der Waals surface area contributed by atoms with Crippen LogP contribution in [0, 0.1) is 46.3 Å². The van der Waals surface area contributed by atoms with Gasteiger partial charge in [-0.25, -0.2) is 0 Å². The molecule has 0 unspecified atom stereocenters. The Morgan fingerprint density at radius 3 is 1.88 bits per heavy atom. The second kappa shape index (κ2) is 17.5. The van der Waals surface area contributed by atoms with E-state index in [1.807, 2.05) is 0 Å². The number of rotatable bonds is 14. The monoisotopic (exact) mass is 798 g/mol. The first-order valence-corrected chi connectivity index (χ1v) is 20.8. The van der Waals surface area contributed by atoms with E-state index in [9.17, 15) is 40.9 Å². The van der Waals surface area contributed by atoms with Crippen LogP contribution in [-0.4, -0.2) is 154 Å². The molecule has 0 aromatic heterocycles. The first-order valence-electron chi connectivity index (χ1n) is 20.8. The van der Waals surface area contributed by atoms with Gasteiger partial charge in [-0.3, -0.25) is 0 Å². The van der Waals surface area contributed by atoms with E-state index in [2.05, 4.69) is 53.7 Å². The fourth-order valence-corrected chi connectivity index (χ4v) is 11.5. The summed E-state index contributed by atoms with van der Waals surface area (Å²) in [6.45, 7) is 12.9. The largest absolute Gasteiger partial charge is 0.393 e. The van der Waals surface area contributed by atoms with E-state index < -0.39 is 91.2 Å². The Hall–Kier alpha value is -1.08. The Morgan fingerprint density at radius 1 is 0.750 bits per heavy atom. The molecule has 0 aromatic carbocycles. The average Bonchev–Trinajstić information content (AvgIpc) is 3.72. The van der Waals surface area contributed by atoms with Gasteiger partial charge < -0.3 is 69.3 Å². The SMILES string of the molecule is COC[C@@H](O)[C@@H]1O[C@@H](O[C@@H]2C3=C4C[C@@H](O[C@@H]5O[C@@H]([C@H](O)COC)[C@H](O)[C@H]5O)[C@H]([C@H](C)/C=C/[C@@H](C)C(C)C)[C@@]4(C)CC[C@@H]3[C@@]3(C)CC[C@@H](O)C[C@@H]3[C@@H]2O)[C@H](O)[C@H]1O. The van der Waals surface area contributed by atoms with Crippen LogP contribution < -0.4 is 0 Å². The molecule has 0 spiro atoms. The summed E-state index contributed by atoms with van der Waals surface area (Å²) >= 11 is 0. The maximum absolute atomic E-state index is 12.4. The third kappa shape index (κ3) is 7.95. The highest BCUT2D eigenvalue weighted by atomic mass is 16.7. The van der Waals surface area contributed by atoms with Crippen molar-refractivity contribution in [2.75, 3.05) is 27.4 Å². The van der Waals surface area contributed by atoms with Gasteiger partial charge in [-0.15, -0.1) is 0 Å². The van der Waals surface area contributed by atoms with Gasteiger partial charge in [0.05, 0.1) is 31.5 Å². The van der Waals surface area contributed by atoms with Gasteiger partial charge in [0.2, 0.25) is 0 Å². The van der Waals surface area contributed by atoms with Gasteiger partial charge >= 0.3 is 0 Å². The van der Waals surface area contributed by atoms with Crippen molar-refractivity contribution in [3.63, 3.8) is 0 Å². The number of aliphatic hydroxyl groups is 8. The molecule has 0 amide bonds. The Labute approximate surface area is 331 Å². The van der Waals surface area contributed by atoms with Crippen LogP contribution in [0.1, 0.15) is 80.1 Å². The van der Waals surface area contributed by atoms with Crippen molar-refractivity contribution in [1.82, 2.24) is 0 Å². The molecule has 0 aromatic rings. The van der Waals surface area contributed by atoms with Crippen LogP contribution in [0.5, 0.6) is 0 Å². The van der Waals surface area contributed by atoms with Gasteiger partial charge in [0.25, 0.3) is 0 Å². The van der Waals surface area contributed by atoms with Crippen LogP contribution in [0.15, 0.2) is 23.3 Å². The highest BCUT2D eigenvalue weighted by Gasteiger charge is 2.64. The zero-order chi connectivity index (χ0) is 41.0. The number of hydrogen-bond donors (Lipinski definition) is 8. The van der Waals surface area contributed by atoms with Crippen molar-refractivity contribution in [1.29, 1.82) is 0 Å². The van der Waals surface area contributed by atoms with Crippen LogP contribution in [0.2, 0.25) is 0 Å². The maximum Gasteiger partial charge on any atom is 0.187 e. The van der Waals surface area contributed by atoms with Gasteiger partial charge in [0, 0.05) is 20.1 Å². The normalized spacial score (nSPS) is 47.6. The molecular formula is C42H70O14. The van der Waals surface area contributed by atoms with Crippen molar-refractivity contribution in [2.45, 2.75) is 166 Å². The first-order chi connectivity index (χ1) is 26.4. The third-order valence-electron chi connectivity index (χ3n) is 15.0. The molecule has 14 heteroatoms. The van der Waals surface area contributed by atoms with Crippen LogP contribution in [0.25, 0.3) is 0 Å². The Kier molecular flexibility index (Phi) is 13.9. The molecular weight excluding hydrogens is 728 g/mol. The lowest BCUT2D eigenvalue weighted by Crippen LogP contribution is -2.60. The van der Waals surface area contributed by atoms with E-state index in [-0.39, 0.29) is 42.3 Å². The molecule has 21 atom stereocenters. The number of ether oxygens (including phenoxy) is 6. The standard InChI is InChI=1S/C42H70O14/c1-19(2)20(3)9-10-21(4)30-28(53-39-34(49)32(47)36(54-39)26(44)17-51-7)16-24-29-23(12-14-42(24,30)6)41(5)13-11-22(43)15-25(41)31(46)38(29)56-40-35(50)33(48)37(55-40)27(45)18-52-8/h9-10,19-23,25-28,30-40,43-50H,11-18H2,1-8H3/b10-9+/t20-,21-,22-,23+,25-,26-,27-,28-,30+,31+,32-,33-,34-,35-,36+,37+,38-,39-,40+,41-,42+/m1/s1. The molecule has 8 N–H and O–H groups in total. The molecule has 4 aliphatic carbocycles. The first kappa shape index (κ1) is 44.5. The average molecular weight is 799 g/mol. The molecule has 3 saturated carbocycles. The number of methoxy groups -OCH3 is 2. The lowest BCUT2D eigenvalue weighted by molar-refractivity contribution is -0.236. The van der Waals surface area contributed by atoms with Crippen molar-refractivity contribution in [2.24, 2.45) is 46.3 Å². The molecule has 2 aliphatic heterocycles. The van der Waals surface area contributed by atoms with Crippen molar-refractivity contribution < 1.29 is 69.3 Å². The molecule has 56 heavy (non-hydrogen) atoms. The summed E-state index contributed by atoms with van der Waals surface area (Å²) in [5.41, 5.74) is 1.11. The minimum absolute atomic E-state index is 0.0154. The minimum atomic E-state index is -1.52. The topological polar surface area (TPSA) is 217 Å². The van der Waals surface area contributed by atoms with E-state index in [0.29, 0.717) is 37.5 Å². The number of fused-ring (bicyclic) bond motifs is 4. The summed E-state index contributed by atoms with van der Waals surface area (Å²) in [5, 5.41) is 88.9. The van der Waals surface area contributed by atoms with Gasteiger partial charge in [0.15, 0.2) is 12.6 Å². The van der Waals surface area contributed by atoms with Crippen LogP contribution >= 0.6 is 0 Å².